The molecule has 0 amide bonds. The minimum atomic E-state index is 0.240. The van der Waals surface area contributed by atoms with Crippen molar-refractivity contribution >= 4 is 11.9 Å². The molecule has 17 heavy (non-hydrogen) atoms. The fraction of sp³-hybridized carbons (Fsp3) is 0.0714. The zero-order valence-corrected chi connectivity index (χ0v) is 9.50. The molecular formula is C14H13NO2. The van der Waals surface area contributed by atoms with Crippen LogP contribution in [0.25, 0.3) is 0 Å². The van der Waals surface area contributed by atoms with Gasteiger partial charge in [0, 0.05) is 6.21 Å². The van der Waals surface area contributed by atoms with Crippen molar-refractivity contribution in [1.29, 1.82) is 0 Å². The first-order valence-electron chi connectivity index (χ1n) is 5.25. The summed E-state index contributed by atoms with van der Waals surface area (Å²) in [6.07, 6.45) is 1.71. The van der Waals surface area contributed by atoms with E-state index in [0.29, 0.717) is 0 Å². The lowest BCUT2D eigenvalue weighted by Crippen LogP contribution is -1.81. The van der Waals surface area contributed by atoms with Gasteiger partial charge in [-0.1, -0.05) is 12.1 Å². The molecule has 2 aromatic rings. The molecule has 0 saturated heterocycles. The summed E-state index contributed by atoms with van der Waals surface area (Å²) in [5, 5.41) is 9.30. The lowest BCUT2D eigenvalue weighted by atomic mass is 10.2. The molecular weight excluding hydrogens is 214 g/mol. The molecule has 2 aromatic carbocycles. The van der Waals surface area contributed by atoms with Crippen molar-refractivity contribution in [3.05, 3.63) is 54.1 Å². The Morgan fingerprint density at radius 3 is 2.53 bits per heavy atom. The first-order chi connectivity index (χ1) is 8.28. The maximum Gasteiger partial charge on any atom is 0.119 e. The highest BCUT2D eigenvalue weighted by Crippen LogP contribution is 2.18. The third kappa shape index (κ3) is 3.08. The third-order valence-corrected chi connectivity index (χ3v) is 2.31. The van der Waals surface area contributed by atoms with E-state index in [1.54, 1.807) is 31.5 Å². The maximum absolute atomic E-state index is 9.30. The second-order valence-electron chi connectivity index (χ2n) is 3.55. The molecule has 0 bridgehead atoms. The highest BCUT2D eigenvalue weighted by molar-refractivity contribution is 5.82. The molecule has 0 aliphatic heterocycles. The average Bonchev–Trinajstić information content (AvgIpc) is 2.37. The van der Waals surface area contributed by atoms with E-state index in [1.165, 1.54) is 0 Å². The molecule has 0 radical (unpaired) electrons. The molecule has 0 unspecified atom stereocenters. The summed E-state index contributed by atoms with van der Waals surface area (Å²) in [6.45, 7) is 0. The minimum absolute atomic E-state index is 0.240. The topological polar surface area (TPSA) is 41.8 Å². The van der Waals surface area contributed by atoms with Crippen LogP contribution in [0.4, 0.5) is 5.69 Å². The molecule has 1 N–H and O–H groups in total. The fourth-order valence-electron chi connectivity index (χ4n) is 1.42. The Morgan fingerprint density at radius 2 is 1.88 bits per heavy atom. The lowest BCUT2D eigenvalue weighted by Gasteiger charge is -1.99. The predicted octanol–water partition coefficient (Wildman–Crippen LogP) is 3.15. The summed E-state index contributed by atoms with van der Waals surface area (Å²) in [6, 6.07) is 14.4. The van der Waals surface area contributed by atoms with Crippen LogP contribution in [-0.2, 0) is 0 Å². The van der Waals surface area contributed by atoms with E-state index in [1.807, 2.05) is 30.3 Å². The number of benzene rings is 2. The van der Waals surface area contributed by atoms with Gasteiger partial charge in [0.2, 0.25) is 0 Å². The predicted molar refractivity (Wildman–Crippen MR) is 68.4 cm³/mol. The summed E-state index contributed by atoms with van der Waals surface area (Å²) in [5.41, 5.74) is 1.70. The number of phenols is 1. The van der Waals surface area contributed by atoms with E-state index >= 15 is 0 Å². The summed E-state index contributed by atoms with van der Waals surface area (Å²) < 4.78 is 5.06. The molecule has 0 atom stereocenters. The molecule has 0 fully saturated rings. The highest BCUT2D eigenvalue weighted by atomic mass is 16.5. The van der Waals surface area contributed by atoms with Crippen molar-refractivity contribution < 1.29 is 9.84 Å². The van der Waals surface area contributed by atoms with Crippen molar-refractivity contribution in [2.45, 2.75) is 0 Å². The number of hydrogen-bond donors (Lipinski definition) is 1. The monoisotopic (exact) mass is 227 g/mol. The lowest BCUT2D eigenvalue weighted by molar-refractivity contribution is 0.415. The van der Waals surface area contributed by atoms with Gasteiger partial charge in [0.15, 0.2) is 0 Å². The van der Waals surface area contributed by atoms with Crippen molar-refractivity contribution in [3.63, 3.8) is 0 Å². The Bertz CT molecular complexity index is 518. The van der Waals surface area contributed by atoms with Crippen LogP contribution in [-0.4, -0.2) is 18.4 Å². The smallest absolute Gasteiger partial charge is 0.119 e. The second kappa shape index (κ2) is 5.16. The Balaban J connectivity index is 2.14. The molecule has 0 aliphatic carbocycles. The van der Waals surface area contributed by atoms with Gasteiger partial charge in [0.1, 0.15) is 11.5 Å². The van der Waals surface area contributed by atoms with Gasteiger partial charge in [0.05, 0.1) is 12.8 Å². The molecule has 0 spiro atoms. The number of aliphatic imine (C=N–C) groups is 1. The van der Waals surface area contributed by atoms with Crippen molar-refractivity contribution in [2.75, 3.05) is 7.11 Å². The summed E-state index contributed by atoms with van der Waals surface area (Å²) in [5.74, 6) is 1.05. The van der Waals surface area contributed by atoms with Crippen LogP contribution in [0.5, 0.6) is 11.5 Å². The van der Waals surface area contributed by atoms with Gasteiger partial charge in [-0.15, -0.1) is 0 Å². The van der Waals surface area contributed by atoms with E-state index in [0.717, 1.165) is 17.0 Å². The van der Waals surface area contributed by atoms with Crippen LogP contribution in [0.1, 0.15) is 5.56 Å². The van der Waals surface area contributed by atoms with Gasteiger partial charge in [-0.05, 0) is 42.0 Å². The molecule has 3 heteroatoms. The van der Waals surface area contributed by atoms with Gasteiger partial charge in [-0.3, -0.25) is 4.99 Å². The highest BCUT2D eigenvalue weighted by Gasteiger charge is 1.92. The Morgan fingerprint density at radius 1 is 1.12 bits per heavy atom. The Hall–Kier alpha value is -2.29. The molecule has 3 nitrogen and oxygen atoms in total. The van der Waals surface area contributed by atoms with Crippen LogP contribution in [0, 0.1) is 0 Å². The van der Waals surface area contributed by atoms with Gasteiger partial charge >= 0.3 is 0 Å². The van der Waals surface area contributed by atoms with Crippen molar-refractivity contribution in [2.24, 2.45) is 4.99 Å². The fourth-order valence-corrected chi connectivity index (χ4v) is 1.42. The largest absolute Gasteiger partial charge is 0.508 e. The van der Waals surface area contributed by atoms with Gasteiger partial charge < -0.3 is 9.84 Å². The zero-order chi connectivity index (χ0) is 12.1. The summed E-state index contributed by atoms with van der Waals surface area (Å²) in [4.78, 5) is 4.30. The molecule has 2 rings (SSSR count). The minimum Gasteiger partial charge on any atom is -0.508 e. The first kappa shape index (κ1) is 11.2. The van der Waals surface area contributed by atoms with Crippen LogP contribution in [0.2, 0.25) is 0 Å². The van der Waals surface area contributed by atoms with Crippen LogP contribution >= 0.6 is 0 Å². The first-order valence-corrected chi connectivity index (χ1v) is 5.25. The summed E-state index contributed by atoms with van der Waals surface area (Å²) in [7, 11) is 1.63. The van der Waals surface area contributed by atoms with Crippen LogP contribution < -0.4 is 4.74 Å². The number of rotatable bonds is 3. The summed E-state index contributed by atoms with van der Waals surface area (Å²) >= 11 is 0. The number of ether oxygens (including phenoxy) is 1. The van der Waals surface area contributed by atoms with E-state index < -0.39 is 0 Å². The molecule has 0 aliphatic rings. The van der Waals surface area contributed by atoms with Crippen LogP contribution in [0.15, 0.2) is 53.5 Å². The normalized spacial score (nSPS) is 10.6. The van der Waals surface area contributed by atoms with Gasteiger partial charge in [0.25, 0.3) is 0 Å². The van der Waals surface area contributed by atoms with E-state index in [9.17, 15) is 5.11 Å². The molecule has 0 aromatic heterocycles. The van der Waals surface area contributed by atoms with Gasteiger partial charge in [-0.2, -0.15) is 0 Å². The maximum atomic E-state index is 9.30. The van der Waals surface area contributed by atoms with E-state index in [-0.39, 0.29) is 5.75 Å². The number of nitrogens with zero attached hydrogens (tertiary/aromatic N) is 1. The van der Waals surface area contributed by atoms with Gasteiger partial charge in [-0.25, -0.2) is 0 Å². The molecule has 86 valence electrons. The Kier molecular flexibility index (Phi) is 3.40. The standard InChI is InChI=1S/C14H13NO2/c1-17-14-7-5-12(6-8-14)15-10-11-3-2-4-13(16)9-11/h2-10,16H,1H3. The number of methoxy groups -OCH3 is 1. The zero-order valence-electron chi connectivity index (χ0n) is 9.50. The number of phenolic OH excluding ortho intramolecular Hbond substituents is 1. The average molecular weight is 227 g/mol. The van der Waals surface area contributed by atoms with E-state index in [2.05, 4.69) is 4.99 Å². The van der Waals surface area contributed by atoms with Crippen molar-refractivity contribution in [1.82, 2.24) is 0 Å². The third-order valence-electron chi connectivity index (χ3n) is 2.31. The Labute approximate surface area is 100 Å². The number of aromatic hydroxyl groups is 1. The van der Waals surface area contributed by atoms with Crippen LogP contribution in [0.3, 0.4) is 0 Å². The molecule has 0 saturated carbocycles. The number of hydrogen-bond acceptors (Lipinski definition) is 3. The van der Waals surface area contributed by atoms with Crippen molar-refractivity contribution in [3.8, 4) is 11.5 Å². The quantitative estimate of drug-likeness (QED) is 0.818. The SMILES string of the molecule is COc1ccc(N=Cc2cccc(O)c2)cc1. The molecule has 0 heterocycles. The van der Waals surface area contributed by atoms with E-state index in [4.69, 9.17) is 4.74 Å². The second-order valence-corrected chi connectivity index (χ2v) is 3.55.